The van der Waals surface area contributed by atoms with E-state index in [0.717, 1.165) is 18.5 Å². The maximum absolute atomic E-state index is 12.7. The molecular weight excluding hydrogens is 320 g/mol. The highest BCUT2D eigenvalue weighted by Gasteiger charge is 2.25. The number of benzene rings is 2. The number of rotatable bonds is 2. The van der Waals surface area contributed by atoms with E-state index in [1.807, 2.05) is 29.2 Å². The molecule has 2 aromatic carbocycles. The first-order valence-corrected chi connectivity index (χ1v) is 8.58. The molecule has 0 unspecified atom stereocenters. The molecule has 0 bridgehead atoms. The van der Waals surface area contributed by atoms with Crippen LogP contribution in [0.1, 0.15) is 16.8 Å². The van der Waals surface area contributed by atoms with Gasteiger partial charge in [0.05, 0.1) is 13.0 Å². The summed E-state index contributed by atoms with van der Waals surface area (Å²) in [6.45, 7) is 1.47. The second kappa shape index (κ2) is 5.99. The van der Waals surface area contributed by atoms with E-state index in [-0.39, 0.29) is 5.91 Å². The van der Waals surface area contributed by atoms with Crippen LogP contribution in [0.5, 0.6) is 0 Å². The number of halogens is 1. The largest absolute Gasteiger partial charge is 0.346 e. The van der Waals surface area contributed by atoms with Crippen LogP contribution in [0.25, 0.3) is 10.9 Å². The van der Waals surface area contributed by atoms with Gasteiger partial charge in [0, 0.05) is 35.2 Å². The van der Waals surface area contributed by atoms with Gasteiger partial charge in [0.25, 0.3) is 0 Å². The summed E-state index contributed by atoms with van der Waals surface area (Å²) in [6, 6.07) is 16.0. The molecule has 0 saturated carbocycles. The van der Waals surface area contributed by atoms with Crippen molar-refractivity contribution in [3.63, 3.8) is 0 Å². The lowest BCUT2D eigenvalue weighted by atomic mass is 10.0. The third kappa shape index (κ3) is 2.59. The number of para-hydroxylation sites is 1. The van der Waals surface area contributed by atoms with E-state index in [0.29, 0.717) is 18.0 Å². The average molecular weight is 339 g/mol. The molecule has 1 aliphatic heterocycles. The molecule has 4 rings (SSSR count). The Hall–Kier alpha value is -2.26. The van der Waals surface area contributed by atoms with Gasteiger partial charge in [-0.3, -0.25) is 4.79 Å². The number of amides is 1. The lowest BCUT2D eigenvalue weighted by Crippen LogP contribution is -2.37. The number of hydrogen-bond donors (Lipinski definition) is 0. The van der Waals surface area contributed by atoms with Crippen LogP contribution in [-0.2, 0) is 31.2 Å². The molecule has 3 nitrogen and oxygen atoms in total. The zero-order valence-corrected chi connectivity index (χ0v) is 14.4. The molecule has 1 amide bonds. The van der Waals surface area contributed by atoms with Gasteiger partial charge in [-0.2, -0.15) is 0 Å². The summed E-state index contributed by atoms with van der Waals surface area (Å²) < 4.78 is 2.23. The monoisotopic (exact) mass is 338 g/mol. The molecule has 0 aliphatic carbocycles. The standard InChI is InChI=1S/C20H19ClN2O/c1-22-18-5-3-2-4-16(18)17-10-11-23(13-19(17)22)20(24)12-14-6-8-15(21)9-7-14/h2-9H,10-13H2,1H3. The number of hydrogen-bond acceptors (Lipinski definition) is 1. The summed E-state index contributed by atoms with van der Waals surface area (Å²) in [4.78, 5) is 14.6. The minimum atomic E-state index is 0.174. The Morgan fingerprint density at radius 2 is 1.88 bits per heavy atom. The summed E-state index contributed by atoms with van der Waals surface area (Å²) in [5.74, 6) is 0.174. The summed E-state index contributed by atoms with van der Waals surface area (Å²) in [5.41, 5.74) is 4.90. The van der Waals surface area contributed by atoms with Gasteiger partial charge < -0.3 is 9.47 Å². The van der Waals surface area contributed by atoms with Gasteiger partial charge in [-0.25, -0.2) is 0 Å². The molecule has 0 atom stereocenters. The number of carbonyl (C=O) groups excluding carboxylic acids is 1. The van der Waals surface area contributed by atoms with Crippen LogP contribution < -0.4 is 0 Å². The Morgan fingerprint density at radius 3 is 2.67 bits per heavy atom. The number of carbonyl (C=O) groups is 1. The fourth-order valence-corrected chi connectivity index (χ4v) is 3.74. The van der Waals surface area contributed by atoms with Gasteiger partial charge in [-0.05, 0) is 35.7 Å². The van der Waals surface area contributed by atoms with Crippen molar-refractivity contribution in [3.8, 4) is 0 Å². The molecule has 1 aromatic heterocycles. The predicted octanol–water partition coefficient (Wildman–Crippen LogP) is 3.96. The Bertz CT molecular complexity index is 911. The zero-order valence-electron chi connectivity index (χ0n) is 13.6. The van der Waals surface area contributed by atoms with Crippen molar-refractivity contribution in [1.82, 2.24) is 9.47 Å². The van der Waals surface area contributed by atoms with E-state index in [9.17, 15) is 4.79 Å². The maximum atomic E-state index is 12.7. The van der Waals surface area contributed by atoms with Crippen molar-refractivity contribution in [2.45, 2.75) is 19.4 Å². The molecular formula is C20H19ClN2O. The van der Waals surface area contributed by atoms with E-state index >= 15 is 0 Å². The summed E-state index contributed by atoms with van der Waals surface area (Å²) >= 11 is 5.91. The summed E-state index contributed by atoms with van der Waals surface area (Å²) in [5, 5.41) is 2.02. The second-order valence-corrected chi connectivity index (χ2v) is 6.81. The van der Waals surface area contributed by atoms with Crippen LogP contribution in [0, 0.1) is 0 Å². The van der Waals surface area contributed by atoms with Crippen molar-refractivity contribution in [2.75, 3.05) is 6.54 Å². The molecule has 2 heterocycles. The topological polar surface area (TPSA) is 25.2 Å². The lowest BCUT2D eigenvalue weighted by molar-refractivity contribution is -0.131. The Morgan fingerprint density at radius 1 is 1.12 bits per heavy atom. The molecule has 0 fully saturated rings. The molecule has 3 aromatic rings. The maximum Gasteiger partial charge on any atom is 0.227 e. The highest BCUT2D eigenvalue weighted by molar-refractivity contribution is 6.30. The molecule has 0 spiro atoms. The van der Waals surface area contributed by atoms with E-state index in [1.54, 1.807) is 0 Å². The van der Waals surface area contributed by atoms with Crippen LogP contribution >= 0.6 is 11.6 Å². The fraction of sp³-hybridized carbons (Fsp3) is 0.250. The lowest BCUT2D eigenvalue weighted by Gasteiger charge is -2.28. The smallest absolute Gasteiger partial charge is 0.227 e. The van der Waals surface area contributed by atoms with Crippen LogP contribution in [0.2, 0.25) is 5.02 Å². The minimum absolute atomic E-state index is 0.174. The highest BCUT2D eigenvalue weighted by atomic mass is 35.5. The van der Waals surface area contributed by atoms with E-state index in [2.05, 4.69) is 35.9 Å². The van der Waals surface area contributed by atoms with Gasteiger partial charge in [-0.1, -0.05) is 41.9 Å². The van der Waals surface area contributed by atoms with Crippen molar-refractivity contribution >= 4 is 28.4 Å². The molecule has 24 heavy (non-hydrogen) atoms. The van der Waals surface area contributed by atoms with Crippen LogP contribution in [0.3, 0.4) is 0 Å². The van der Waals surface area contributed by atoms with Crippen molar-refractivity contribution in [3.05, 3.63) is 70.4 Å². The molecule has 0 radical (unpaired) electrons. The van der Waals surface area contributed by atoms with Gasteiger partial charge in [-0.15, -0.1) is 0 Å². The molecule has 0 saturated heterocycles. The van der Waals surface area contributed by atoms with Crippen molar-refractivity contribution < 1.29 is 4.79 Å². The SMILES string of the molecule is Cn1c2c(c3ccccc31)CCN(C(=O)Cc1ccc(Cl)cc1)C2. The molecule has 1 aliphatic rings. The van der Waals surface area contributed by atoms with E-state index in [4.69, 9.17) is 11.6 Å². The molecule has 4 heteroatoms. The third-order valence-electron chi connectivity index (χ3n) is 4.94. The van der Waals surface area contributed by atoms with Crippen LogP contribution in [0.15, 0.2) is 48.5 Å². The minimum Gasteiger partial charge on any atom is -0.346 e. The fourth-order valence-electron chi connectivity index (χ4n) is 3.61. The third-order valence-corrected chi connectivity index (χ3v) is 5.19. The first kappa shape index (κ1) is 15.3. The van der Waals surface area contributed by atoms with E-state index in [1.165, 1.54) is 22.2 Å². The van der Waals surface area contributed by atoms with Gasteiger partial charge >= 0.3 is 0 Å². The number of aromatic nitrogens is 1. The number of aryl methyl sites for hydroxylation is 1. The average Bonchev–Trinajstić information content (AvgIpc) is 2.90. The van der Waals surface area contributed by atoms with Crippen molar-refractivity contribution in [2.24, 2.45) is 7.05 Å². The zero-order chi connectivity index (χ0) is 16.7. The Balaban J connectivity index is 1.57. The summed E-state index contributed by atoms with van der Waals surface area (Å²) in [7, 11) is 2.09. The second-order valence-electron chi connectivity index (χ2n) is 6.37. The molecule has 122 valence electrons. The van der Waals surface area contributed by atoms with Crippen LogP contribution in [-0.4, -0.2) is 21.9 Å². The van der Waals surface area contributed by atoms with Gasteiger partial charge in [0.15, 0.2) is 0 Å². The predicted molar refractivity (Wildman–Crippen MR) is 97.2 cm³/mol. The quantitative estimate of drug-likeness (QED) is 0.694. The van der Waals surface area contributed by atoms with Crippen molar-refractivity contribution in [1.29, 1.82) is 0 Å². The first-order valence-electron chi connectivity index (χ1n) is 8.21. The van der Waals surface area contributed by atoms with E-state index < -0.39 is 0 Å². The number of nitrogens with zero attached hydrogens (tertiary/aromatic N) is 2. The van der Waals surface area contributed by atoms with Crippen LogP contribution in [0.4, 0.5) is 0 Å². The van der Waals surface area contributed by atoms with Gasteiger partial charge in [0.2, 0.25) is 5.91 Å². The number of fused-ring (bicyclic) bond motifs is 3. The molecule has 0 N–H and O–H groups in total. The normalized spacial score (nSPS) is 14.0. The van der Waals surface area contributed by atoms with Gasteiger partial charge in [0.1, 0.15) is 0 Å². The summed E-state index contributed by atoms with van der Waals surface area (Å²) in [6.07, 6.45) is 1.35. The first-order chi connectivity index (χ1) is 11.6. The Labute approximate surface area is 146 Å². The Kier molecular flexibility index (Phi) is 3.81. The highest BCUT2D eigenvalue weighted by Crippen LogP contribution is 2.30.